The van der Waals surface area contributed by atoms with E-state index >= 15 is 0 Å². The molecule has 7 heteroatoms. The summed E-state index contributed by atoms with van der Waals surface area (Å²) in [4.78, 5) is 12.7. The third-order valence-electron chi connectivity index (χ3n) is 3.61. The Labute approximate surface area is 116 Å². The first-order valence-corrected chi connectivity index (χ1v) is 8.79. The van der Waals surface area contributed by atoms with Gasteiger partial charge in [-0.1, -0.05) is 6.07 Å². The molecule has 0 radical (unpaired) electrons. The Balaban J connectivity index is 1.62. The predicted octanol–water partition coefficient (Wildman–Crippen LogP) is 1.26. The van der Waals surface area contributed by atoms with Crippen molar-refractivity contribution >= 4 is 27.3 Å². The minimum atomic E-state index is -3.60. The molecule has 3 atom stereocenters. The number of sulfonamides is 1. The Kier molecular flexibility index (Phi) is 3.36. The molecule has 0 saturated carbocycles. The fraction of sp³-hybridized carbons (Fsp3) is 0.583. The van der Waals surface area contributed by atoms with Crippen LogP contribution in [0.4, 0.5) is 0 Å². The van der Waals surface area contributed by atoms with E-state index in [-0.39, 0.29) is 23.9 Å². The van der Waals surface area contributed by atoms with Crippen LogP contribution in [0.3, 0.4) is 0 Å². The summed E-state index contributed by atoms with van der Waals surface area (Å²) < 4.78 is 31.6. The third kappa shape index (κ3) is 2.82. The van der Waals surface area contributed by atoms with Crippen LogP contribution in [0.1, 0.15) is 24.1 Å². The summed E-state index contributed by atoms with van der Waals surface area (Å²) in [5.74, 6) is -0.862. The second-order valence-corrected chi connectivity index (χ2v) is 7.78. The molecule has 2 aliphatic heterocycles. The van der Waals surface area contributed by atoms with Gasteiger partial charge in [-0.05, 0) is 30.7 Å². The van der Waals surface area contributed by atoms with Crippen molar-refractivity contribution in [1.29, 1.82) is 0 Å². The molecule has 2 bridgehead atoms. The highest BCUT2D eigenvalue weighted by molar-refractivity contribution is 7.89. The average molecular weight is 301 g/mol. The van der Waals surface area contributed by atoms with Gasteiger partial charge in [-0.15, -0.1) is 11.3 Å². The Bertz CT molecular complexity index is 567. The van der Waals surface area contributed by atoms with Crippen molar-refractivity contribution in [2.45, 2.75) is 37.2 Å². The van der Waals surface area contributed by atoms with Crippen molar-refractivity contribution in [3.63, 3.8) is 0 Å². The summed E-state index contributed by atoms with van der Waals surface area (Å²) in [6.45, 7) is 0. The molecule has 0 unspecified atom stereocenters. The van der Waals surface area contributed by atoms with Crippen molar-refractivity contribution in [3.8, 4) is 0 Å². The molecule has 3 heterocycles. The van der Waals surface area contributed by atoms with Crippen LogP contribution in [0.5, 0.6) is 0 Å². The fourth-order valence-corrected chi connectivity index (χ4v) is 4.99. The second-order valence-electron chi connectivity index (χ2n) is 5.02. The van der Waals surface area contributed by atoms with Gasteiger partial charge in [0.1, 0.15) is 5.75 Å². The normalized spacial score (nSPS) is 29.6. The van der Waals surface area contributed by atoms with Gasteiger partial charge >= 0.3 is 0 Å². The van der Waals surface area contributed by atoms with Crippen LogP contribution in [0.2, 0.25) is 0 Å². The lowest BCUT2D eigenvalue weighted by Crippen LogP contribution is -2.39. The van der Waals surface area contributed by atoms with Crippen molar-refractivity contribution < 1.29 is 17.9 Å². The van der Waals surface area contributed by atoms with Crippen molar-refractivity contribution in [2.24, 2.45) is 5.92 Å². The van der Waals surface area contributed by atoms with E-state index in [0.717, 1.165) is 17.7 Å². The summed E-state index contributed by atoms with van der Waals surface area (Å²) in [5, 5.41) is 1.82. The highest BCUT2D eigenvalue weighted by atomic mass is 32.2. The number of fused-ring (bicyclic) bond motifs is 2. The highest BCUT2D eigenvalue weighted by Crippen LogP contribution is 2.38. The molecule has 2 saturated heterocycles. The summed E-state index contributed by atoms with van der Waals surface area (Å²) in [6.07, 6.45) is 2.53. The lowest BCUT2D eigenvalue weighted by atomic mass is 9.89. The molecule has 3 rings (SSSR count). The van der Waals surface area contributed by atoms with Crippen LogP contribution in [-0.4, -0.2) is 26.5 Å². The second kappa shape index (κ2) is 4.88. The van der Waals surface area contributed by atoms with E-state index in [1.807, 2.05) is 5.38 Å². The molecule has 1 aromatic rings. The zero-order valence-corrected chi connectivity index (χ0v) is 11.9. The maximum atomic E-state index is 12.0. The van der Waals surface area contributed by atoms with E-state index in [1.165, 1.54) is 11.3 Å². The number of thiophene rings is 1. The fourth-order valence-electron chi connectivity index (χ4n) is 2.76. The first-order valence-electron chi connectivity index (χ1n) is 6.26. The zero-order chi connectivity index (χ0) is 13.5. The van der Waals surface area contributed by atoms with Gasteiger partial charge in [-0.3, -0.25) is 9.52 Å². The molecular weight excluding hydrogens is 286 g/mol. The van der Waals surface area contributed by atoms with Crippen LogP contribution in [0, 0.1) is 5.92 Å². The van der Waals surface area contributed by atoms with E-state index in [1.54, 1.807) is 12.1 Å². The Morgan fingerprint density at radius 1 is 1.47 bits per heavy atom. The number of rotatable bonds is 4. The molecular formula is C12H15NO4S2. The van der Waals surface area contributed by atoms with Gasteiger partial charge in [0.05, 0.1) is 18.1 Å². The van der Waals surface area contributed by atoms with Crippen LogP contribution < -0.4 is 4.72 Å². The number of hydrogen-bond donors (Lipinski definition) is 1. The van der Waals surface area contributed by atoms with Gasteiger partial charge in [-0.2, -0.15) is 0 Å². The number of carbonyl (C=O) groups excluding carboxylic acids is 1. The topological polar surface area (TPSA) is 72.5 Å². The van der Waals surface area contributed by atoms with E-state index in [9.17, 15) is 13.2 Å². The summed E-state index contributed by atoms with van der Waals surface area (Å²) in [5.41, 5.74) is 0. The molecule has 2 fully saturated rings. The van der Waals surface area contributed by atoms with E-state index < -0.39 is 15.9 Å². The van der Waals surface area contributed by atoms with Gasteiger partial charge in [0.2, 0.25) is 15.9 Å². The van der Waals surface area contributed by atoms with Crippen molar-refractivity contribution in [2.75, 3.05) is 0 Å². The molecule has 1 amide bonds. The monoisotopic (exact) mass is 301 g/mol. The minimum absolute atomic E-state index is 0.0954. The molecule has 1 aromatic heterocycles. The SMILES string of the molecule is O=C(NS(=O)(=O)Cc1cccs1)[C@@H]1C[C@@H]2CC[C@H]1O2. The van der Waals surface area contributed by atoms with Gasteiger partial charge in [-0.25, -0.2) is 8.42 Å². The predicted molar refractivity (Wildman–Crippen MR) is 71.1 cm³/mol. The molecule has 104 valence electrons. The van der Waals surface area contributed by atoms with E-state index in [4.69, 9.17) is 4.74 Å². The van der Waals surface area contributed by atoms with E-state index in [0.29, 0.717) is 6.42 Å². The Hall–Kier alpha value is -0.920. The number of nitrogens with one attached hydrogen (secondary N) is 1. The summed E-state index contributed by atoms with van der Waals surface area (Å²) >= 11 is 1.37. The molecule has 2 aliphatic rings. The van der Waals surface area contributed by atoms with Gasteiger partial charge in [0.15, 0.2) is 0 Å². The van der Waals surface area contributed by atoms with E-state index in [2.05, 4.69) is 4.72 Å². The molecule has 0 aromatic carbocycles. The van der Waals surface area contributed by atoms with Crippen LogP contribution >= 0.6 is 11.3 Å². The molecule has 0 spiro atoms. The highest BCUT2D eigenvalue weighted by Gasteiger charge is 2.45. The lowest BCUT2D eigenvalue weighted by molar-refractivity contribution is -0.124. The van der Waals surface area contributed by atoms with Gasteiger partial charge < -0.3 is 4.74 Å². The maximum Gasteiger partial charge on any atom is 0.239 e. The van der Waals surface area contributed by atoms with Crippen molar-refractivity contribution in [1.82, 2.24) is 4.72 Å². The van der Waals surface area contributed by atoms with Crippen molar-refractivity contribution in [3.05, 3.63) is 22.4 Å². The Morgan fingerprint density at radius 3 is 2.89 bits per heavy atom. The summed E-state index contributed by atoms with van der Waals surface area (Å²) in [6, 6.07) is 3.54. The van der Waals surface area contributed by atoms with Crippen LogP contribution in [-0.2, 0) is 25.3 Å². The largest absolute Gasteiger partial charge is 0.374 e. The molecule has 1 N–H and O–H groups in total. The molecule has 0 aliphatic carbocycles. The third-order valence-corrected chi connectivity index (χ3v) is 5.87. The first kappa shape index (κ1) is 13.1. The number of carbonyl (C=O) groups is 1. The number of ether oxygens (including phenoxy) is 1. The van der Waals surface area contributed by atoms with Crippen LogP contribution in [0.15, 0.2) is 17.5 Å². The van der Waals surface area contributed by atoms with Crippen LogP contribution in [0.25, 0.3) is 0 Å². The first-order chi connectivity index (χ1) is 9.03. The maximum absolute atomic E-state index is 12.0. The quantitative estimate of drug-likeness (QED) is 0.909. The molecule has 5 nitrogen and oxygen atoms in total. The average Bonchev–Trinajstić information content (AvgIpc) is 3.02. The lowest BCUT2D eigenvalue weighted by Gasteiger charge is -2.17. The van der Waals surface area contributed by atoms with Gasteiger partial charge in [0, 0.05) is 4.88 Å². The zero-order valence-electron chi connectivity index (χ0n) is 10.2. The Morgan fingerprint density at radius 2 is 2.32 bits per heavy atom. The standard InChI is InChI=1S/C12H15NO4S2/c14-12(10-6-8-3-4-11(10)17-8)13-19(15,16)7-9-2-1-5-18-9/h1-2,5,8,10-11H,3-4,6-7H2,(H,13,14)/t8-,10+,11+/m0/s1. The smallest absolute Gasteiger partial charge is 0.239 e. The van der Waals surface area contributed by atoms with Gasteiger partial charge in [0.25, 0.3) is 0 Å². The molecule has 19 heavy (non-hydrogen) atoms. The number of amides is 1. The minimum Gasteiger partial charge on any atom is -0.374 e. The number of hydrogen-bond acceptors (Lipinski definition) is 5. The summed E-state index contributed by atoms with van der Waals surface area (Å²) in [7, 11) is -3.60.